The van der Waals surface area contributed by atoms with Crippen LogP contribution in [0.5, 0.6) is 0 Å². The van der Waals surface area contributed by atoms with Gasteiger partial charge in [0.1, 0.15) is 18.3 Å². The molecule has 1 aromatic heterocycles. The Morgan fingerprint density at radius 2 is 1.47 bits per heavy atom. The van der Waals surface area contributed by atoms with Crippen molar-refractivity contribution in [3.8, 4) is 0 Å². The maximum Gasteiger partial charge on any atom is 0.236 e. The first-order valence-electron chi connectivity index (χ1n) is 11.5. The molecule has 0 amide bonds. The van der Waals surface area contributed by atoms with Crippen molar-refractivity contribution in [3.63, 3.8) is 0 Å². The number of hydrogen-bond donors (Lipinski definition) is 0. The number of pyridine rings is 1. The van der Waals surface area contributed by atoms with Gasteiger partial charge in [0.15, 0.2) is 0 Å². The predicted molar refractivity (Wildman–Crippen MR) is 129 cm³/mol. The molecule has 158 valence electrons. The molecule has 32 heavy (non-hydrogen) atoms. The summed E-state index contributed by atoms with van der Waals surface area (Å²) in [5, 5.41) is 1.31. The van der Waals surface area contributed by atoms with E-state index in [9.17, 15) is 0 Å². The second-order valence-electron chi connectivity index (χ2n) is 8.92. The molecule has 0 spiro atoms. The Bertz CT molecular complexity index is 1320. The van der Waals surface area contributed by atoms with Crippen molar-refractivity contribution in [1.29, 1.82) is 0 Å². The molecular weight excluding hydrogens is 392 g/mol. The van der Waals surface area contributed by atoms with Gasteiger partial charge in [0, 0.05) is 5.39 Å². The van der Waals surface area contributed by atoms with Gasteiger partial charge in [0.05, 0.1) is 5.52 Å². The van der Waals surface area contributed by atoms with Gasteiger partial charge in [-0.2, -0.15) is 0 Å². The molecule has 4 aromatic rings. The van der Waals surface area contributed by atoms with E-state index in [0.717, 1.165) is 36.9 Å². The topological polar surface area (TPSA) is 34.5 Å². The minimum absolute atomic E-state index is 0.0372. The Balaban J connectivity index is 1.44. The molecule has 3 nitrogen and oxygen atoms in total. The first-order valence-corrected chi connectivity index (χ1v) is 11.5. The minimum atomic E-state index is 0.0372. The third-order valence-electron chi connectivity index (χ3n) is 6.77. The van der Waals surface area contributed by atoms with Crippen LogP contribution in [0.15, 0.2) is 77.8 Å². The van der Waals surface area contributed by atoms with Gasteiger partial charge in [-0.1, -0.05) is 66.7 Å². The number of hydrogen-bond acceptors (Lipinski definition) is 3. The predicted octanol–water partition coefficient (Wildman–Crippen LogP) is 5.95. The summed E-state index contributed by atoms with van der Waals surface area (Å²) in [6.45, 7) is 2.77. The van der Waals surface area contributed by atoms with Crippen LogP contribution < -0.4 is 0 Å². The number of aryl methyl sites for hydroxylation is 5. The summed E-state index contributed by atoms with van der Waals surface area (Å²) in [4.78, 5) is 10.0. The Kier molecular flexibility index (Phi) is 4.75. The van der Waals surface area contributed by atoms with E-state index in [-0.39, 0.29) is 6.04 Å². The first kappa shape index (κ1) is 19.2. The minimum Gasteiger partial charge on any atom is -0.474 e. The lowest BCUT2D eigenvalue weighted by Crippen LogP contribution is -2.08. The van der Waals surface area contributed by atoms with E-state index in [1.807, 2.05) is 6.07 Å². The number of nitrogens with zero attached hydrogens (tertiary/aromatic N) is 2. The summed E-state index contributed by atoms with van der Waals surface area (Å²) >= 11 is 0. The molecule has 0 unspecified atom stereocenters. The second-order valence-corrected chi connectivity index (χ2v) is 8.92. The summed E-state index contributed by atoms with van der Waals surface area (Å²) < 4.78 is 6.04. The number of benzene rings is 3. The van der Waals surface area contributed by atoms with Crippen molar-refractivity contribution in [2.45, 2.75) is 38.6 Å². The largest absolute Gasteiger partial charge is 0.474 e. The van der Waals surface area contributed by atoms with Crippen molar-refractivity contribution in [2.24, 2.45) is 4.99 Å². The van der Waals surface area contributed by atoms with Gasteiger partial charge >= 0.3 is 0 Å². The SMILES string of the molecule is Cc1cc(C2=N[C@H](c3ccccc3)CO2)nc2c3ccc(c12)CCc1ccc(cc1)CC3. The van der Waals surface area contributed by atoms with Crippen molar-refractivity contribution >= 4 is 16.8 Å². The van der Waals surface area contributed by atoms with Crippen molar-refractivity contribution in [1.82, 2.24) is 4.98 Å². The quantitative estimate of drug-likeness (QED) is 0.403. The summed E-state index contributed by atoms with van der Waals surface area (Å²) in [7, 11) is 0. The zero-order chi connectivity index (χ0) is 21.5. The summed E-state index contributed by atoms with van der Waals surface area (Å²) in [5.74, 6) is 0.663. The van der Waals surface area contributed by atoms with Crippen molar-refractivity contribution < 1.29 is 4.74 Å². The molecule has 3 heteroatoms. The monoisotopic (exact) mass is 418 g/mol. The Hall–Kier alpha value is -3.46. The second kappa shape index (κ2) is 7.90. The summed E-state index contributed by atoms with van der Waals surface area (Å²) in [5.41, 5.74) is 9.86. The van der Waals surface area contributed by atoms with Crippen LogP contribution in [0.2, 0.25) is 0 Å². The lowest BCUT2D eigenvalue weighted by molar-refractivity contribution is 0.319. The van der Waals surface area contributed by atoms with E-state index in [1.54, 1.807) is 0 Å². The van der Waals surface area contributed by atoms with Crippen LogP contribution >= 0.6 is 0 Å². The van der Waals surface area contributed by atoms with Gasteiger partial charge < -0.3 is 4.74 Å². The molecule has 1 aliphatic heterocycles. The van der Waals surface area contributed by atoms with Crippen LogP contribution in [0.1, 0.15) is 45.1 Å². The van der Waals surface area contributed by atoms with Crippen LogP contribution in [0.3, 0.4) is 0 Å². The van der Waals surface area contributed by atoms with Crippen LogP contribution in [0, 0.1) is 6.92 Å². The number of aromatic nitrogens is 1. The van der Waals surface area contributed by atoms with E-state index in [4.69, 9.17) is 14.7 Å². The molecule has 9 rings (SSSR count). The molecule has 1 atom stereocenters. The smallest absolute Gasteiger partial charge is 0.236 e. The zero-order valence-corrected chi connectivity index (χ0v) is 18.3. The third-order valence-corrected chi connectivity index (χ3v) is 6.77. The highest BCUT2D eigenvalue weighted by molar-refractivity contribution is 5.98. The van der Waals surface area contributed by atoms with E-state index in [2.05, 4.69) is 73.7 Å². The molecule has 0 N–H and O–H groups in total. The molecule has 2 heterocycles. The Morgan fingerprint density at radius 3 is 2.22 bits per heavy atom. The van der Waals surface area contributed by atoms with Crippen LogP contribution in [-0.2, 0) is 30.4 Å². The van der Waals surface area contributed by atoms with E-state index in [1.165, 1.54) is 38.8 Å². The maximum atomic E-state index is 6.04. The number of rotatable bonds is 2. The standard InChI is InChI=1S/C29H26N2O/c1-19-17-25(29-31-26(18-32-29)22-5-3-2-4-6-22)30-28-24-14-12-21-9-7-20(8-10-21)11-13-23(15-16-24)27(19)28/h2-10,15-17,26H,11-14,18H2,1H3/t26-/m0/s1. The molecule has 4 aliphatic carbocycles. The Labute approximate surface area is 188 Å². The molecule has 0 radical (unpaired) electrons. The third kappa shape index (κ3) is 3.48. The average Bonchev–Trinajstić information content (AvgIpc) is 3.32. The molecule has 5 aliphatic rings. The van der Waals surface area contributed by atoms with Gasteiger partial charge in [-0.05, 0) is 72.1 Å². The molecule has 0 saturated heterocycles. The zero-order valence-electron chi connectivity index (χ0n) is 18.3. The van der Waals surface area contributed by atoms with E-state index >= 15 is 0 Å². The van der Waals surface area contributed by atoms with Gasteiger partial charge in [-0.15, -0.1) is 0 Å². The van der Waals surface area contributed by atoms with E-state index < -0.39 is 0 Å². The molecular formula is C29H26N2O. The normalized spacial score (nSPS) is 17.7. The van der Waals surface area contributed by atoms with Gasteiger partial charge in [0.2, 0.25) is 5.90 Å². The van der Waals surface area contributed by atoms with Crippen molar-refractivity contribution in [3.05, 3.63) is 112 Å². The average molecular weight is 419 g/mol. The first-order chi connectivity index (χ1) is 15.7. The fourth-order valence-corrected chi connectivity index (χ4v) is 4.98. The Morgan fingerprint density at radius 1 is 0.781 bits per heavy atom. The number of ether oxygens (including phenoxy) is 1. The highest BCUT2D eigenvalue weighted by atomic mass is 16.5. The number of aliphatic imine (C=N–C) groups is 1. The fourth-order valence-electron chi connectivity index (χ4n) is 4.98. The summed E-state index contributed by atoms with van der Waals surface area (Å²) in [6, 6.07) is 26.3. The van der Waals surface area contributed by atoms with Gasteiger partial charge in [-0.3, -0.25) is 0 Å². The van der Waals surface area contributed by atoms with Crippen LogP contribution in [0.25, 0.3) is 10.9 Å². The molecule has 3 aromatic carbocycles. The molecule has 0 saturated carbocycles. The van der Waals surface area contributed by atoms with Crippen molar-refractivity contribution in [2.75, 3.05) is 6.61 Å². The molecule has 0 fully saturated rings. The summed E-state index contributed by atoms with van der Waals surface area (Å²) in [6.07, 6.45) is 4.06. The maximum absolute atomic E-state index is 6.04. The highest BCUT2D eigenvalue weighted by Crippen LogP contribution is 2.30. The molecule has 4 bridgehead atoms. The van der Waals surface area contributed by atoms with Crippen LogP contribution in [0.4, 0.5) is 0 Å². The van der Waals surface area contributed by atoms with E-state index in [0.29, 0.717) is 12.5 Å². The fraction of sp³-hybridized carbons (Fsp3) is 0.241. The lowest BCUT2D eigenvalue weighted by Gasteiger charge is -2.16. The van der Waals surface area contributed by atoms with Gasteiger partial charge in [0.25, 0.3) is 0 Å². The highest BCUT2D eigenvalue weighted by Gasteiger charge is 2.24. The lowest BCUT2D eigenvalue weighted by atomic mass is 9.91. The van der Waals surface area contributed by atoms with Gasteiger partial charge in [-0.25, -0.2) is 9.98 Å². The van der Waals surface area contributed by atoms with Crippen LogP contribution in [-0.4, -0.2) is 17.5 Å².